The Hall–Kier alpha value is -2.31. The van der Waals surface area contributed by atoms with Crippen molar-refractivity contribution in [3.63, 3.8) is 0 Å². The van der Waals surface area contributed by atoms with Gasteiger partial charge in [0.1, 0.15) is 0 Å². The Morgan fingerprint density at radius 1 is 0.676 bits per heavy atom. The Balaban J connectivity index is 1.83. The van der Waals surface area contributed by atoms with Gasteiger partial charge in [0.15, 0.2) is 6.29 Å². The fourth-order valence-corrected chi connectivity index (χ4v) is 9.96. The van der Waals surface area contributed by atoms with Crippen molar-refractivity contribution < 1.29 is 4.79 Å². The van der Waals surface area contributed by atoms with Crippen LogP contribution >= 0.6 is 45.3 Å². The van der Waals surface area contributed by atoms with Crippen LogP contribution in [-0.4, -0.2) is 6.29 Å². The molecule has 34 heavy (non-hydrogen) atoms. The lowest BCUT2D eigenvalue weighted by Crippen LogP contribution is -1.95. The molecule has 0 radical (unpaired) electrons. The van der Waals surface area contributed by atoms with Crippen LogP contribution in [0.15, 0.2) is 41.8 Å². The van der Waals surface area contributed by atoms with Gasteiger partial charge in [-0.1, -0.05) is 26.7 Å². The first-order valence-corrected chi connectivity index (χ1v) is 15.2. The van der Waals surface area contributed by atoms with E-state index in [9.17, 15) is 4.79 Å². The zero-order valence-corrected chi connectivity index (χ0v) is 22.3. The molecule has 0 bridgehead atoms. The molecule has 4 aromatic heterocycles. The van der Waals surface area contributed by atoms with E-state index in [4.69, 9.17) is 0 Å². The van der Waals surface area contributed by atoms with E-state index in [0.29, 0.717) is 0 Å². The quantitative estimate of drug-likeness (QED) is 0.209. The maximum atomic E-state index is 11.6. The van der Waals surface area contributed by atoms with Gasteiger partial charge >= 0.3 is 0 Å². The first-order valence-electron chi connectivity index (χ1n) is 11.8. The lowest BCUT2D eigenvalue weighted by Gasteiger charge is -2.13. The maximum Gasteiger partial charge on any atom is 0.160 e. The summed E-state index contributed by atoms with van der Waals surface area (Å²) in [6.07, 6.45) is 5.54. The van der Waals surface area contributed by atoms with Crippen molar-refractivity contribution in [3.05, 3.63) is 57.8 Å². The second-order valence-corrected chi connectivity index (χ2v) is 13.1. The molecule has 5 heteroatoms. The molecule has 0 aliphatic carbocycles. The number of hydrogen-bond acceptors (Lipinski definition) is 5. The predicted octanol–water partition coefficient (Wildman–Crippen LogP) is 10.6. The summed E-state index contributed by atoms with van der Waals surface area (Å²) < 4.78 is 8.23. The van der Waals surface area contributed by atoms with E-state index < -0.39 is 0 Å². The van der Waals surface area contributed by atoms with Gasteiger partial charge in [-0.3, -0.25) is 4.79 Å². The molecule has 3 aromatic carbocycles. The zero-order chi connectivity index (χ0) is 23.0. The van der Waals surface area contributed by atoms with E-state index in [2.05, 4.69) is 55.6 Å². The molecule has 0 unspecified atom stereocenters. The third-order valence-electron chi connectivity index (χ3n) is 6.94. The molecule has 0 amide bonds. The molecular formula is C29H22OS4. The van der Waals surface area contributed by atoms with Gasteiger partial charge in [-0.15, -0.1) is 45.3 Å². The Morgan fingerprint density at radius 3 is 1.88 bits per heavy atom. The number of carbonyl (C=O) groups excluding carboxylic acids is 1. The lowest BCUT2D eigenvalue weighted by molar-refractivity contribution is 0.112. The van der Waals surface area contributed by atoms with Crippen molar-refractivity contribution in [1.82, 2.24) is 0 Å². The smallest absolute Gasteiger partial charge is 0.160 e. The summed E-state index contributed by atoms with van der Waals surface area (Å²) in [6, 6.07) is 13.5. The second-order valence-electron chi connectivity index (χ2n) is 8.96. The fourth-order valence-electron chi connectivity index (χ4n) is 5.63. The van der Waals surface area contributed by atoms with Crippen LogP contribution in [0, 0.1) is 0 Å². The molecule has 7 rings (SSSR count). The molecule has 0 spiro atoms. The first-order chi connectivity index (χ1) is 16.7. The van der Waals surface area contributed by atoms with Crippen LogP contribution in [0.3, 0.4) is 0 Å². The standard InChI is InChI=1S/C29H22OS4/c1-3-5-16-17(6-4-2)29-27(25-19-13-15(14-30)32-21(19)8-10-23(25)34-29)26-24-18-11-12-31-20(18)7-9-22(24)33-28(16)26/h7-14H,3-6H2,1-2H3. The zero-order valence-electron chi connectivity index (χ0n) is 19.0. The number of aldehydes is 1. The van der Waals surface area contributed by atoms with Crippen LogP contribution in [0.2, 0.25) is 0 Å². The van der Waals surface area contributed by atoms with Gasteiger partial charge in [0.2, 0.25) is 0 Å². The molecule has 0 aliphatic heterocycles. The average Bonchev–Trinajstić information content (AvgIpc) is 3.61. The first kappa shape index (κ1) is 21.0. The molecule has 0 atom stereocenters. The van der Waals surface area contributed by atoms with Crippen LogP contribution in [0.25, 0.3) is 60.5 Å². The second kappa shape index (κ2) is 7.85. The molecular weight excluding hydrogens is 493 g/mol. The van der Waals surface area contributed by atoms with E-state index in [0.717, 1.165) is 36.8 Å². The monoisotopic (exact) mass is 514 g/mol. The summed E-state index contributed by atoms with van der Waals surface area (Å²) in [4.78, 5) is 12.5. The summed E-state index contributed by atoms with van der Waals surface area (Å²) >= 11 is 7.38. The van der Waals surface area contributed by atoms with Crippen molar-refractivity contribution in [2.75, 3.05) is 0 Å². The van der Waals surface area contributed by atoms with Crippen molar-refractivity contribution in [1.29, 1.82) is 0 Å². The van der Waals surface area contributed by atoms with Gasteiger partial charge in [-0.2, -0.15) is 0 Å². The van der Waals surface area contributed by atoms with E-state index in [1.54, 1.807) is 22.5 Å². The minimum absolute atomic E-state index is 0.810. The van der Waals surface area contributed by atoms with Crippen LogP contribution in [0.4, 0.5) is 0 Å². The average molecular weight is 515 g/mol. The third-order valence-corrected chi connectivity index (χ3v) is 11.3. The topological polar surface area (TPSA) is 17.1 Å². The largest absolute Gasteiger partial charge is 0.297 e. The van der Waals surface area contributed by atoms with Gasteiger partial charge in [-0.05, 0) is 65.7 Å². The molecule has 0 fully saturated rings. The minimum Gasteiger partial charge on any atom is -0.297 e. The molecule has 0 saturated heterocycles. The SMILES string of the molecule is CCCc1c(CCC)c2sc3ccc4sc(C=O)cc4c3c2c2c1sc1ccc3sccc3c12. The molecule has 0 saturated carbocycles. The Morgan fingerprint density at radius 2 is 1.26 bits per heavy atom. The normalized spacial score (nSPS) is 12.4. The van der Waals surface area contributed by atoms with Crippen LogP contribution < -0.4 is 0 Å². The summed E-state index contributed by atoms with van der Waals surface area (Å²) in [5.74, 6) is 0. The Bertz CT molecular complexity index is 1910. The van der Waals surface area contributed by atoms with Crippen molar-refractivity contribution in [2.24, 2.45) is 0 Å². The lowest BCUT2D eigenvalue weighted by atomic mass is 9.92. The summed E-state index contributed by atoms with van der Waals surface area (Å²) in [5, 5.41) is 10.5. The molecule has 0 aliphatic rings. The summed E-state index contributed by atoms with van der Waals surface area (Å²) in [7, 11) is 0. The van der Waals surface area contributed by atoms with Crippen LogP contribution in [0.5, 0.6) is 0 Å². The third kappa shape index (κ3) is 2.78. The van der Waals surface area contributed by atoms with Gasteiger partial charge in [0, 0.05) is 60.5 Å². The number of rotatable bonds is 5. The number of fused-ring (bicyclic) bond motifs is 11. The predicted molar refractivity (Wildman–Crippen MR) is 156 cm³/mol. The Labute approximate surface area is 213 Å². The summed E-state index contributed by atoms with van der Waals surface area (Å²) in [5.41, 5.74) is 3.12. The van der Waals surface area contributed by atoms with Crippen LogP contribution in [0.1, 0.15) is 47.5 Å². The van der Waals surface area contributed by atoms with Gasteiger partial charge in [-0.25, -0.2) is 0 Å². The Kier molecular flexibility index (Phi) is 4.85. The highest BCUT2D eigenvalue weighted by Gasteiger charge is 2.24. The molecule has 4 heterocycles. The molecule has 1 nitrogen and oxygen atoms in total. The molecule has 0 N–H and O–H groups in total. The molecule has 7 aromatic rings. The van der Waals surface area contributed by atoms with Gasteiger partial charge < -0.3 is 0 Å². The van der Waals surface area contributed by atoms with Crippen LogP contribution in [-0.2, 0) is 12.8 Å². The number of aryl methyl sites for hydroxylation is 2. The van der Waals surface area contributed by atoms with Crippen molar-refractivity contribution >= 4 is 112 Å². The number of hydrogen-bond donors (Lipinski definition) is 0. The van der Waals surface area contributed by atoms with E-state index >= 15 is 0 Å². The highest BCUT2D eigenvalue weighted by molar-refractivity contribution is 7.29. The molecule has 168 valence electrons. The van der Waals surface area contributed by atoms with Crippen molar-refractivity contribution in [2.45, 2.75) is 39.5 Å². The van der Waals surface area contributed by atoms with E-state index in [1.165, 1.54) is 60.5 Å². The summed E-state index contributed by atoms with van der Waals surface area (Å²) in [6.45, 7) is 4.60. The number of benzene rings is 3. The number of thiophene rings is 4. The highest BCUT2D eigenvalue weighted by Crippen LogP contribution is 2.52. The maximum absolute atomic E-state index is 11.6. The van der Waals surface area contributed by atoms with E-state index in [1.807, 2.05) is 34.0 Å². The van der Waals surface area contributed by atoms with Gasteiger partial charge in [0.05, 0.1) is 4.88 Å². The number of carbonyl (C=O) groups is 1. The minimum atomic E-state index is 0.810. The van der Waals surface area contributed by atoms with E-state index in [-0.39, 0.29) is 0 Å². The van der Waals surface area contributed by atoms with Gasteiger partial charge in [0.25, 0.3) is 0 Å². The highest BCUT2D eigenvalue weighted by atomic mass is 32.1. The fraction of sp³-hybridized carbons (Fsp3) is 0.207. The van der Waals surface area contributed by atoms with Crippen molar-refractivity contribution in [3.8, 4) is 0 Å².